The molecule has 0 saturated heterocycles. The van der Waals surface area contributed by atoms with Crippen LogP contribution in [0, 0.1) is 5.92 Å². The summed E-state index contributed by atoms with van der Waals surface area (Å²) < 4.78 is 7.12. The van der Waals surface area contributed by atoms with Crippen LogP contribution >= 0.6 is 15.9 Å². The number of hydrogen-bond donors (Lipinski definition) is 1. The number of halogens is 1. The molecule has 1 aliphatic heterocycles. The average molecular weight is 311 g/mol. The smallest absolute Gasteiger partial charge is 0.125 e. The molecule has 2 unspecified atom stereocenters. The lowest BCUT2D eigenvalue weighted by Crippen LogP contribution is -2.34. The van der Waals surface area contributed by atoms with Crippen LogP contribution in [0.5, 0.6) is 5.75 Å². The van der Waals surface area contributed by atoms with E-state index in [0.29, 0.717) is 5.92 Å². The molecule has 3 rings (SSSR count). The molecule has 2 atom stereocenters. The molecule has 18 heavy (non-hydrogen) atoms. The molecule has 0 aromatic heterocycles. The normalized spacial score (nSPS) is 28.6. The van der Waals surface area contributed by atoms with Gasteiger partial charge in [0.1, 0.15) is 11.9 Å². The predicted octanol–water partition coefficient (Wildman–Crippen LogP) is 4.21. The van der Waals surface area contributed by atoms with E-state index in [1.165, 1.54) is 32.1 Å². The standard InChI is InChI=1S/C15H19BrO2/c16-11-6-7-14-12(8-11)13(17)9-15(18-14)10-4-2-1-3-5-10/h6-8,10,13,15,17H,1-5,9H2. The number of aliphatic hydroxyl groups excluding tert-OH is 1. The zero-order valence-corrected chi connectivity index (χ0v) is 12.0. The number of aliphatic hydroxyl groups is 1. The monoisotopic (exact) mass is 310 g/mol. The maximum absolute atomic E-state index is 10.3. The fraction of sp³-hybridized carbons (Fsp3) is 0.600. The van der Waals surface area contributed by atoms with E-state index in [9.17, 15) is 5.11 Å². The minimum Gasteiger partial charge on any atom is -0.490 e. The zero-order valence-electron chi connectivity index (χ0n) is 10.4. The van der Waals surface area contributed by atoms with Gasteiger partial charge in [-0.3, -0.25) is 0 Å². The molecule has 1 saturated carbocycles. The van der Waals surface area contributed by atoms with Gasteiger partial charge in [-0.15, -0.1) is 0 Å². The second-order valence-electron chi connectivity index (χ2n) is 5.49. The van der Waals surface area contributed by atoms with E-state index >= 15 is 0 Å². The molecule has 1 aliphatic carbocycles. The van der Waals surface area contributed by atoms with Crippen molar-refractivity contribution in [3.63, 3.8) is 0 Å². The third-order valence-corrected chi connectivity index (χ3v) is 4.73. The maximum atomic E-state index is 10.3. The lowest BCUT2D eigenvalue weighted by Gasteiger charge is -2.36. The summed E-state index contributed by atoms with van der Waals surface area (Å²) in [6.45, 7) is 0. The molecule has 0 radical (unpaired) electrons. The van der Waals surface area contributed by atoms with Crippen LogP contribution in [0.25, 0.3) is 0 Å². The van der Waals surface area contributed by atoms with Crippen molar-refractivity contribution < 1.29 is 9.84 Å². The Morgan fingerprint density at radius 3 is 2.72 bits per heavy atom. The lowest BCUT2D eigenvalue weighted by atomic mass is 9.81. The summed E-state index contributed by atoms with van der Waals surface area (Å²) in [6, 6.07) is 5.92. The highest BCUT2D eigenvalue weighted by Gasteiger charge is 2.33. The minimum absolute atomic E-state index is 0.203. The average Bonchev–Trinajstić information content (AvgIpc) is 2.40. The Kier molecular flexibility index (Phi) is 3.62. The van der Waals surface area contributed by atoms with Crippen LogP contribution in [0.15, 0.2) is 22.7 Å². The van der Waals surface area contributed by atoms with Gasteiger partial charge in [0.25, 0.3) is 0 Å². The topological polar surface area (TPSA) is 29.5 Å². The molecule has 98 valence electrons. The van der Waals surface area contributed by atoms with Gasteiger partial charge in [-0.25, -0.2) is 0 Å². The zero-order chi connectivity index (χ0) is 12.5. The van der Waals surface area contributed by atoms with Gasteiger partial charge >= 0.3 is 0 Å². The van der Waals surface area contributed by atoms with Gasteiger partial charge in [0, 0.05) is 16.5 Å². The van der Waals surface area contributed by atoms with Gasteiger partial charge in [-0.05, 0) is 37.0 Å². The van der Waals surface area contributed by atoms with Crippen LogP contribution in [0.1, 0.15) is 50.2 Å². The minimum atomic E-state index is -0.377. The van der Waals surface area contributed by atoms with E-state index < -0.39 is 0 Å². The summed E-state index contributed by atoms with van der Waals surface area (Å²) in [5.74, 6) is 1.50. The number of ether oxygens (including phenoxy) is 1. The van der Waals surface area contributed by atoms with Crippen LogP contribution in [0.2, 0.25) is 0 Å². The Morgan fingerprint density at radius 1 is 1.17 bits per heavy atom. The van der Waals surface area contributed by atoms with Crippen molar-refractivity contribution in [3.8, 4) is 5.75 Å². The van der Waals surface area contributed by atoms with Gasteiger partial charge in [-0.1, -0.05) is 35.2 Å². The molecule has 0 bridgehead atoms. The van der Waals surface area contributed by atoms with Gasteiger partial charge in [0.15, 0.2) is 0 Å². The summed E-state index contributed by atoms with van der Waals surface area (Å²) in [6.07, 6.45) is 7.06. The first-order chi connectivity index (χ1) is 8.74. The first-order valence-electron chi connectivity index (χ1n) is 6.88. The Balaban J connectivity index is 1.80. The predicted molar refractivity (Wildman–Crippen MR) is 74.7 cm³/mol. The van der Waals surface area contributed by atoms with Crippen molar-refractivity contribution >= 4 is 15.9 Å². The molecular formula is C15H19BrO2. The highest BCUT2D eigenvalue weighted by molar-refractivity contribution is 9.10. The molecule has 1 N–H and O–H groups in total. The van der Waals surface area contributed by atoms with E-state index in [0.717, 1.165) is 22.2 Å². The second kappa shape index (κ2) is 5.22. The molecule has 3 heteroatoms. The number of hydrogen-bond acceptors (Lipinski definition) is 2. The summed E-state index contributed by atoms with van der Waals surface area (Å²) in [7, 11) is 0. The summed E-state index contributed by atoms with van der Waals surface area (Å²) in [5, 5.41) is 10.3. The van der Waals surface area contributed by atoms with Gasteiger partial charge in [0.05, 0.1) is 6.10 Å². The Labute approximate surface area is 116 Å². The molecule has 1 aromatic rings. The molecular weight excluding hydrogens is 292 g/mol. The Hall–Kier alpha value is -0.540. The molecule has 2 nitrogen and oxygen atoms in total. The summed E-state index contributed by atoms with van der Waals surface area (Å²) >= 11 is 3.44. The van der Waals surface area contributed by atoms with Crippen LogP contribution in [-0.4, -0.2) is 11.2 Å². The van der Waals surface area contributed by atoms with E-state index in [4.69, 9.17) is 4.74 Å². The van der Waals surface area contributed by atoms with Crippen molar-refractivity contribution in [2.45, 2.75) is 50.7 Å². The van der Waals surface area contributed by atoms with Crippen LogP contribution in [0.4, 0.5) is 0 Å². The lowest BCUT2D eigenvalue weighted by molar-refractivity contribution is 0.0233. The van der Waals surface area contributed by atoms with Crippen molar-refractivity contribution in [3.05, 3.63) is 28.2 Å². The van der Waals surface area contributed by atoms with E-state index in [-0.39, 0.29) is 12.2 Å². The first kappa shape index (κ1) is 12.5. The SMILES string of the molecule is OC1CC(C2CCCCC2)Oc2ccc(Br)cc21. The van der Waals surface area contributed by atoms with Crippen molar-refractivity contribution in [1.82, 2.24) is 0 Å². The van der Waals surface area contributed by atoms with Crippen LogP contribution in [0.3, 0.4) is 0 Å². The highest BCUT2D eigenvalue weighted by atomic mass is 79.9. The van der Waals surface area contributed by atoms with Crippen LogP contribution < -0.4 is 4.74 Å². The molecule has 2 aliphatic rings. The number of benzene rings is 1. The fourth-order valence-electron chi connectivity index (χ4n) is 3.24. The second-order valence-corrected chi connectivity index (χ2v) is 6.40. The number of rotatable bonds is 1. The van der Waals surface area contributed by atoms with Gasteiger partial charge < -0.3 is 9.84 Å². The molecule has 0 amide bonds. The van der Waals surface area contributed by atoms with E-state index in [2.05, 4.69) is 15.9 Å². The Morgan fingerprint density at radius 2 is 1.94 bits per heavy atom. The van der Waals surface area contributed by atoms with Gasteiger partial charge in [0.2, 0.25) is 0 Å². The van der Waals surface area contributed by atoms with Crippen molar-refractivity contribution in [2.75, 3.05) is 0 Å². The quantitative estimate of drug-likeness (QED) is 0.841. The van der Waals surface area contributed by atoms with E-state index in [1.807, 2.05) is 18.2 Å². The highest BCUT2D eigenvalue weighted by Crippen LogP contribution is 2.41. The number of fused-ring (bicyclic) bond motifs is 1. The molecule has 1 fully saturated rings. The van der Waals surface area contributed by atoms with Crippen LogP contribution in [-0.2, 0) is 0 Å². The van der Waals surface area contributed by atoms with Crippen molar-refractivity contribution in [2.24, 2.45) is 5.92 Å². The van der Waals surface area contributed by atoms with Gasteiger partial charge in [-0.2, -0.15) is 0 Å². The van der Waals surface area contributed by atoms with Crippen molar-refractivity contribution in [1.29, 1.82) is 0 Å². The summed E-state index contributed by atoms with van der Waals surface area (Å²) in [4.78, 5) is 0. The van der Waals surface area contributed by atoms with E-state index in [1.54, 1.807) is 0 Å². The largest absolute Gasteiger partial charge is 0.490 e. The molecule has 1 aromatic carbocycles. The molecule has 0 spiro atoms. The summed E-state index contributed by atoms with van der Waals surface area (Å²) in [5.41, 5.74) is 0.927. The third kappa shape index (κ3) is 2.43. The third-order valence-electron chi connectivity index (χ3n) is 4.24. The Bertz CT molecular complexity index is 427. The molecule has 1 heterocycles. The maximum Gasteiger partial charge on any atom is 0.125 e. The first-order valence-corrected chi connectivity index (χ1v) is 7.67. The fourth-order valence-corrected chi connectivity index (χ4v) is 3.62.